The molecule has 0 bridgehead atoms. The van der Waals surface area contributed by atoms with Crippen LogP contribution in [0.25, 0.3) is 0 Å². The molecule has 0 amide bonds. The fourth-order valence-electron chi connectivity index (χ4n) is 4.11. The van der Waals surface area contributed by atoms with Crippen LogP contribution in [0.3, 0.4) is 0 Å². The average molecular weight is 532 g/mol. The Morgan fingerprint density at radius 3 is 1.82 bits per heavy atom. The summed E-state index contributed by atoms with van der Waals surface area (Å²) < 4.78 is 56.8. The Kier molecular flexibility index (Phi) is 10.6. The summed E-state index contributed by atoms with van der Waals surface area (Å²) in [5.41, 5.74) is 1.53. The molecule has 0 radical (unpaired) electrons. The van der Waals surface area contributed by atoms with Gasteiger partial charge >= 0.3 is 6.36 Å². The summed E-state index contributed by atoms with van der Waals surface area (Å²) in [7, 11) is 3.20. The van der Waals surface area contributed by atoms with Crippen molar-refractivity contribution in [3.8, 4) is 11.5 Å². The Bertz CT molecular complexity index is 1070. The first-order chi connectivity index (χ1) is 18.3. The number of benzene rings is 3. The number of methoxy groups -OCH3 is 2. The fraction of sp³-hybridized carbons (Fsp3) is 0.345. The van der Waals surface area contributed by atoms with E-state index in [4.69, 9.17) is 14.2 Å². The van der Waals surface area contributed by atoms with Gasteiger partial charge in [-0.3, -0.25) is 4.99 Å². The lowest BCUT2D eigenvalue weighted by atomic mass is 9.80. The Labute approximate surface area is 220 Å². The third kappa shape index (κ3) is 7.97. The van der Waals surface area contributed by atoms with Crippen molar-refractivity contribution in [2.45, 2.75) is 37.3 Å². The van der Waals surface area contributed by atoms with Gasteiger partial charge in [0, 0.05) is 6.54 Å². The van der Waals surface area contributed by atoms with Crippen molar-refractivity contribution < 1.29 is 37.2 Å². The van der Waals surface area contributed by atoms with E-state index in [-0.39, 0.29) is 13.2 Å². The van der Waals surface area contributed by atoms with E-state index in [1.807, 2.05) is 78.9 Å². The van der Waals surface area contributed by atoms with Crippen LogP contribution < -0.4 is 9.47 Å². The zero-order valence-corrected chi connectivity index (χ0v) is 21.4. The zero-order chi connectivity index (χ0) is 27.4. The fourth-order valence-corrected chi connectivity index (χ4v) is 4.11. The number of aliphatic hydroxyl groups is 1. The van der Waals surface area contributed by atoms with Crippen molar-refractivity contribution in [1.29, 1.82) is 0 Å². The van der Waals surface area contributed by atoms with E-state index in [2.05, 4.69) is 9.73 Å². The van der Waals surface area contributed by atoms with E-state index in [0.717, 1.165) is 16.7 Å². The van der Waals surface area contributed by atoms with E-state index in [1.54, 1.807) is 14.2 Å². The monoisotopic (exact) mass is 531 g/mol. The number of hydrogen-bond acceptors (Lipinski definition) is 6. The molecule has 3 aromatic rings. The second kappa shape index (κ2) is 13.8. The summed E-state index contributed by atoms with van der Waals surface area (Å²) in [4.78, 5) is 3.59. The Morgan fingerprint density at radius 2 is 1.32 bits per heavy atom. The number of aliphatic imine (C=N–C) groups is 1. The summed E-state index contributed by atoms with van der Waals surface area (Å²) in [6.07, 6.45) is -3.70. The molecule has 0 aliphatic rings. The van der Waals surface area contributed by atoms with Gasteiger partial charge in [-0.1, -0.05) is 54.6 Å². The molecule has 3 rings (SSSR count). The van der Waals surface area contributed by atoms with E-state index < -0.39 is 18.1 Å². The molecule has 9 heteroatoms. The molecule has 0 heterocycles. The van der Waals surface area contributed by atoms with E-state index >= 15 is 0 Å². The molecule has 1 unspecified atom stereocenters. The lowest BCUT2D eigenvalue weighted by molar-refractivity contribution is -0.280. The molecule has 0 saturated carbocycles. The van der Waals surface area contributed by atoms with Crippen molar-refractivity contribution in [1.82, 2.24) is 0 Å². The number of unbranched alkanes of at least 4 members (excludes halogenated alkanes) is 1. The maximum Gasteiger partial charge on any atom is 0.573 e. The number of nitrogens with zero attached hydrogens (tertiary/aromatic N) is 1. The van der Waals surface area contributed by atoms with Gasteiger partial charge in [-0.15, -0.1) is 13.2 Å². The maximum absolute atomic E-state index is 12.0. The van der Waals surface area contributed by atoms with Crippen molar-refractivity contribution in [3.63, 3.8) is 0 Å². The highest BCUT2D eigenvalue weighted by molar-refractivity contribution is 5.49. The Morgan fingerprint density at radius 1 is 0.789 bits per heavy atom. The molecule has 0 saturated heterocycles. The molecule has 3 aromatic carbocycles. The summed E-state index contributed by atoms with van der Waals surface area (Å²) in [6, 6.07) is 24.9. The van der Waals surface area contributed by atoms with Crippen LogP contribution >= 0.6 is 0 Å². The molecule has 1 atom stereocenters. The quantitative estimate of drug-likeness (QED) is 0.118. The second-order valence-corrected chi connectivity index (χ2v) is 8.54. The number of alkyl halides is 3. The van der Waals surface area contributed by atoms with Crippen LogP contribution in [-0.2, 0) is 15.1 Å². The van der Waals surface area contributed by atoms with Gasteiger partial charge in [0.15, 0.2) is 6.40 Å². The number of halogens is 3. The number of rotatable bonds is 14. The van der Waals surface area contributed by atoms with E-state index in [9.17, 15) is 18.3 Å². The van der Waals surface area contributed by atoms with Crippen LogP contribution in [0, 0.1) is 0 Å². The van der Waals surface area contributed by atoms with Crippen LogP contribution in [0.4, 0.5) is 13.2 Å². The van der Waals surface area contributed by atoms with Gasteiger partial charge in [-0.05, 0) is 60.2 Å². The van der Waals surface area contributed by atoms with Gasteiger partial charge in [-0.25, -0.2) is 0 Å². The highest BCUT2D eigenvalue weighted by atomic mass is 19.4. The summed E-state index contributed by atoms with van der Waals surface area (Å²) >= 11 is 0. The molecule has 204 valence electrons. The molecule has 38 heavy (non-hydrogen) atoms. The highest BCUT2D eigenvalue weighted by Crippen LogP contribution is 2.41. The minimum atomic E-state index is -4.74. The minimum Gasteiger partial charge on any atom is -0.497 e. The Balaban J connectivity index is 1.81. The van der Waals surface area contributed by atoms with Crippen molar-refractivity contribution in [2.75, 3.05) is 27.4 Å². The molecule has 0 fully saturated rings. The van der Waals surface area contributed by atoms with Crippen molar-refractivity contribution in [2.24, 2.45) is 4.99 Å². The summed E-state index contributed by atoms with van der Waals surface area (Å²) in [5.74, 6) is 1.41. The highest BCUT2D eigenvalue weighted by Gasteiger charge is 2.38. The topological polar surface area (TPSA) is 69.5 Å². The van der Waals surface area contributed by atoms with Crippen LogP contribution in [0.15, 0.2) is 83.9 Å². The van der Waals surface area contributed by atoms with Crippen LogP contribution in [-0.4, -0.2) is 51.3 Å². The minimum absolute atomic E-state index is 0.0212. The molecule has 0 aliphatic heterocycles. The average Bonchev–Trinajstić information content (AvgIpc) is 2.93. The Hall–Kier alpha value is -3.56. The largest absolute Gasteiger partial charge is 0.573 e. The zero-order valence-electron chi connectivity index (χ0n) is 21.4. The lowest BCUT2D eigenvalue weighted by Crippen LogP contribution is -2.35. The molecule has 6 nitrogen and oxygen atoms in total. The first kappa shape index (κ1) is 29.0. The smallest absolute Gasteiger partial charge is 0.497 e. The predicted octanol–water partition coefficient (Wildman–Crippen LogP) is 6.11. The van der Waals surface area contributed by atoms with Gasteiger partial charge in [0.05, 0.1) is 26.9 Å². The first-order valence-electron chi connectivity index (χ1n) is 12.2. The van der Waals surface area contributed by atoms with Gasteiger partial charge < -0.3 is 24.1 Å². The lowest BCUT2D eigenvalue weighted by Gasteiger charge is -2.36. The maximum atomic E-state index is 12.0. The third-order valence-electron chi connectivity index (χ3n) is 6.00. The molecular formula is C29H32F3NO5. The molecule has 1 N–H and O–H groups in total. The van der Waals surface area contributed by atoms with Gasteiger partial charge in [0.25, 0.3) is 0 Å². The summed E-state index contributed by atoms with van der Waals surface area (Å²) in [6.45, 7) is 0.183. The molecule has 0 aliphatic carbocycles. The van der Waals surface area contributed by atoms with Crippen molar-refractivity contribution in [3.05, 3.63) is 95.6 Å². The van der Waals surface area contributed by atoms with Crippen LogP contribution in [0.1, 0.15) is 36.0 Å². The van der Waals surface area contributed by atoms with E-state index in [1.165, 1.54) is 0 Å². The summed E-state index contributed by atoms with van der Waals surface area (Å²) in [5, 5.41) is 10.8. The van der Waals surface area contributed by atoms with Gasteiger partial charge in [0.1, 0.15) is 17.1 Å². The predicted molar refractivity (Wildman–Crippen MR) is 139 cm³/mol. The number of aliphatic hydroxyl groups excluding tert-OH is 1. The normalized spacial score (nSPS) is 12.9. The standard InChI is InChI=1S/C29H32F3NO5/c1-35-26-15-11-23(12-16-26)28(22-8-4-3-5-9-22,24-13-17-27(36-2)18-14-24)37-20-25(34)10-6-7-19-33-21-38-29(30,31)32/h3-5,8-9,11-18,21,25,34H,6-7,10,19-20H2,1-2H3. The van der Waals surface area contributed by atoms with Crippen LogP contribution in [0.2, 0.25) is 0 Å². The molecule has 0 spiro atoms. The van der Waals surface area contributed by atoms with Gasteiger partial charge in [0.2, 0.25) is 0 Å². The first-order valence-corrected chi connectivity index (χ1v) is 12.2. The molecular weight excluding hydrogens is 499 g/mol. The second-order valence-electron chi connectivity index (χ2n) is 8.54. The number of ether oxygens (including phenoxy) is 4. The van der Waals surface area contributed by atoms with Crippen LogP contribution in [0.5, 0.6) is 11.5 Å². The third-order valence-corrected chi connectivity index (χ3v) is 6.00. The molecule has 0 aromatic heterocycles. The van der Waals surface area contributed by atoms with E-state index in [0.29, 0.717) is 37.2 Å². The van der Waals surface area contributed by atoms with Gasteiger partial charge in [-0.2, -0.15) is 0 Å². The SMILES string of the molecule is COc1ccc(C(OCC(O)CCCCN=COC(F)(F)F)(c2ccccc2)c2ccc(OC)cc2)cc1. The number of hydrogen-bond donors (Lipinski definition) is 1. The van der Waals surface area contributed by atoms with Crippen molar-refractivity contribution >= 4 is 6.40 Å².